The van der Waals surface area contributed by atoms with Gasteiger partial charge in [-0.3, -0.25) is 9.59 Å². The molecule has 2 aliphatic heterocycles. The Bertz CT molecular complexity index is 2530. The largest absolute Gasteiger partial charge is 0.508 e. The summed E-state index contributed by atoms with van der Waals surface area (Å²) in [4.78, 5) is 41.7. The first-order valence-electron chi connectivity index (χ1n) is 20.7. The molecule has 16 heteroatoms. The number of nitrogens with one attached hydrogen (secondary N) is 2. The second kappa shape index (κ2) is 17.2. The number of aromatic nitrogens is 5. The number of aryl methyl sites for hydroxylation is 1. The molecule has 316 valence electrons. The zero-order valence-electron chi connectivity index (χ0n) is 34.7. The number of para-hydroxylation sites is 1. The van der Waals surface area contributed by atoms with Crippen LogP contribution in [0.2, 0.25) is 0 Å². The van der Waals surface area contributed by atoms with E-state index in [1.54, 1.807) is 24.2 Å². The third-order valence-electron chi connectivity index (χ3n) is 11.5. The molecule has 0 bridgehead atoms. The van der Waals surface area contributed by atoms with Gasteiger partial charge in [-0.2, -0.15) is 4.98 Å². The number of carbonyl (C=O) groups excluding carboxylic acids is 2. The molecule has 1 unspecified atom stereocenters. The molecule has 8 rings (SSSR count). The monoisotopic (exact) mass is 826 g/mol. The van der Waals surface area contributed by atoms with Gasteiger partial charge in [-0.25, -0.2) is 9.55 Å². The number of nitrogens with zero attached hydrogens (tertiary/aromatic N) is 8. The molecule has 5 aromatic rings. The van der Waals surface area contributed by atoms with Gasteiger partial charge >= 0.3 is 6.01 Å². The molecule has 0 spiro atoms. The van der Waals surface area contributed by atoms with Gasteiger partial charge in [-0.05, 0) is 80.5 Å². The van der Waals surface area contributed by atoms with E-state index in [-0.39, 0.29) is 47.0 Å². The van der Waals surface area contributed by atoms with E-state index in [0.29, 0.717) is 103 Å². The lowest BCUT2D eigenvalue weighted by Gasteiger charge is -2.33. The van der Waals surface area contributed by atoms with E-state index in [0.717, 1.165) is 17.8 Å². The Balaban J connectivity index is 0.866. The molecule has 1 aliphatic carbocycles. The normalized spacial score (nSPS) is 16.5. The Morgan fingerprint density at radius 3 is 2.49 bits per heavy atom. The zero-order valence-corrected chi connectivity index (χ0v) is 34.7. The lowest BCUT2D eigenvalue weighted by atomic mass is 9.94. The smallest absolute Gasteiger partial charge is 0.319 e. The standard InChI is InChI=1S/C45H50N10O6/c1-5-9-29-22-33(38(57)24-37(29)56)40-50-51-45(60)55(40)30-14-12-27(13-15-30)25-46-42(58)28-18-20-54(21-19-28)31-16-17-34(39(23-31)61-6-2)48-44-47-26-36-41(49-44)52(3)35-11-8-7-10-32(35)43(59)53(36)4/h7-8,10-12,14-17,22-24,26-28,56-57H,5-6,9,13,18-21,25H2,1-4H3,(H,46,58)(H,51,60)(H,47,48,49). The highest BCUT2D eigenvalue weighted by molar-refractivity contribution is 6.13. The topological polar surface area (TPSA) is 194 Å². The Kier molecular flexibility index (Phi) is 11.5. The van der Waals surface area contributed by atoms with Crippen LogP contribution in [0, 0.1) is 11.8 Å². The van der Waals surface area contributed by atoms with E-state index in [4.69, 9.17) is 9.72 Å². The highest BCUT2D eigenvalue weighted by atomic mass is 16.5. The molecule has 61 heavy (non-hydrogen) atoms. The molecule has 16 nitrogen and oxygen atoms in total. The highest BCUT2D eigenvalue weighted by Crippen LogP contribution is 2.40. The molecule has 4 heterocycles. The van der Waals surface area contributed by atoms with Crippen LogP contribution in [-0.2, 0) is 11.2 Å². The number of carbonyl (C=O) groups is 2. The van der Waals surface area contributed by atoms with Gasteiger partial charge in [0.2, 0.25) is 11.9 Å². The van der Waals surface area contributed by atoms with Crippen LogP contribution in [0.15, 0.2) is 79.0 Å². The Morgan fingerprint density at radius 1 is 0.934 bits per heavy atom. The van der Waals surface area contributed by atoms with Crippen molar-refractivity contribution < 1.29 is 29.6 Å². The molecule has 2 amide bonds. The maximum atomic E-state index is 13.4. The van der Waals surface area contributed by atoms with E-state index in [1.807, 2.05) is 86.5 Å². The van der Waals surface area contributed by atoms with Crippen LogP contribution in [-0.4, -0.2) is 92.2 Å². The lowest BCUT2D eigenvalue weighted by Crippen LogP contribution is -2.41. The predicted molar refractivity (Wildman–Crippen MR) is 234 cm³/mol. The van der Waals surface area contributed by atoms with Crippen molar-refractivity contribution in [2.24, 2.45) is 11.8 Å². The number of rotatable bonds is 12. The minimum absolute atomic E-state index is 0.00531. The number of hydrogen-bond acceptors (Lipinski definition) is 13. The van der Waals surface area contributed by atoms with Gasteiger partial charge in [0.1, 0.15) is 22.9 Å². The van der Waals surface area contributed by atoms with Crippen LogP contribution in [0.3, 0.4) is 0 Å². The number of fused-ring (bicyclic) bond motifs is 2. The molecular weight excluding hydrogens is 777 g/mol. The number of phenolic OH excluding ortho intramolecular Hbond substituents is 2. The first-order valence-corrected chi connectivity index (χ1v) is 20.7. The second-order valence-electron chi connectivity index (χ2n) is 15.5. The van der Waals surface area contributed by atoms with Crippen molar-refractivity contribution in [3.05, 3.63) is 90.1 Å². The Morgan fingerprint density at radius 2 is 1.74 bits per heavy atom. The fraction of sp³-hybridized carbons (Fsp3) is 0.333. The Labute approximate surface area is 353 Å². The van der Waals surface area contributed by atoms with E-state index in [2.05, 4.69) is 30.7 Å². The number of ether oxygens (including phenoxy) is 1. The summed E-state index contributed by atoms with van der Waals surface area (Å²) < 4.78 is 7.55. The van der Waals surface area contributed by atoms with Gasteiger partial charge in [0.25, 0.3) is 5.91 Å². The number of amides is 2. The van der Waals surface area contributed by atoms with Gasteiger partial charge < -0.3 is 45.4 Å². The quantitative estimate of drug-likeness (QED) is 0.0887. The van der Waals surface area contributed by atoms with E-state index >= 15 is 0 Å². The molecule has 2 aromatic heterocycles. The molecule has 0 saturated carbocycles. The maximum absolute atomic E-state index is 13.4. The minimum atomic E-state index is -0.320. The van der Waals surface area contributed by atoms with Crippen LogP contribution < -0.4 is 30.1 Å². The predicted octanol–water partition coefficient (Wildman–Crippen LogP) is 6.75. The maximum Gasteiger partial charge on any atom is 0.319 e. The molecule has 0 radical (unpaired) electrons. The third-order valence-corrected chi connectivity index (χ3v) is 11.5. The van der Waals surface area contributed by atoms with Crippen LogP contribution in [0.1, 0.15) is 55.5 Å². The van der Waals surface area contributed by atoms with Gasteiger partial charge in [0.15, 0.2) is 11.6 Å². The summed E-state index contributed by atoms with van der Waals surface area (Å²) in [5.41, 5.74) is 5.30. The number of hydrogen-bond donors (Lipinski definition) is 5. The van der Waals surface area contributed by atoms with Crippen LogP contribution in [0.4, 0.5) is 34.5 Å². The van der Waals surface area contributed by atoms with E-state index < -0.39 is 0 Å². The van der Waals surface area contributed by atoms with Crippen molar-refractivity contribution in [2.75, 3.05) is 60.4 Å². The number of phenols is 2. The number of benzene rings is 3. The Hall–Kier alpha value is -7.10. The SMILES string of the molecule is CCCc1cc(-c2nnc(O)n2C2=CCC(CNC(=O)C3CCN(c4ccc(Nc5ncc6c(n5)N(C)c5ccccc5C(=O)N6C)c(OCC)c4)CC3)C=C2)c(O)cc1O. The van der Waals surface area contributed by atoms with Crippen molar-refractivity contribution in [1.29, 1.82) is 0 Å². The molecule has 3 aliphatic rings. The summed E-state index contributed by atoms with van der Waals surface area (Å²) in [5.74, 6) is 1.55. The molecule has 1 saturated heterocycles. The molecular formula is C45H50N10O6. The summed E-state index contributed by atoms with van der Waals surface area (Å²) in [7, 11) is 3.61. The van der Waals surface area contributed by atoms with Crippen LogP contribution in [0.5, 0.6) is 23.3 Å². The fourth-order valence-electron chi connectivity index (χ4n) is 8.17. The number of aromatic hydroxyl groups is 3. The van der Waals surface area contributed by atoms with Gasteiger partial charge in [0.05, 0.1) is 35.3 Å². The van der Waals surface area contributed by atoms with Crippen molar-refractivity contribution in [3.63, 3.8) is 0 Å². The van der Waals surface area contributed by atoms with E-state index in [9.17, 15) is 24.9 Å². The van der Waals surface area contributed by atoms with Crippen LogP contribution >= 0.6 is 0 Å². The summed E-state index contributed by atoms with van der Waals surface area (Å²) in [6.07, 6.45) is 10.9. The fourth-order valence-corrected chi connectivity index (χ4v) is 8.17. The summed E-state index contributed by atoms with van der Waals surface area (Å²) in [6.45, 7) is 6.28. The zero-order chi connectivity index (χ0) is 42.8. The van der Waals surface area contributed by atoms with Crippen LogP contribution in [0.25, 0.3) is 17.1 Å². The molecule has 1 atom stereocenters. The summed E-state index contributed by atoms with van der Waals surface area (Å²) >= 11 is 0. The van der Waals surface area contributed by atoms with Crippen molar-refractivity contribution in [3.8, 4) is 34.6 Å². The number of anilines is 6. The third kappa shape index (κ3) is 8.12. The van der Waals surface area contributed by atoms with Crippen molar-refractivity contribution >= 4 is 52.0 Å². The lowest BCUT2D eigenvalue weighted by molar-refractivity contribution is -0.125. The molecule has 5 N–H and O–H groups in total. The summed E-state index contributed by atoms with van der Waals surface area (Å²) in [6, 6.07) is 16.1. The van der Waals surface area contributed by atoms with Gasteiger partial charge in [0, 0.05) is 63.2 Å². The highest BCUT2D eigenvalue weighted by Gasteiger charge is 2.30. The second-order valence-corrected chi connectivity index (χ2v) is 15.5. The number of allylic oxidation sites excluding steroid dienone is 3. The average molecular weight is 827 g/mol. The van der Waals surface area contributed by atoms with Crippen molar-refractivity contribution in [1.82, 2.24) is 30.0 Å². The minimum Gasteiger partial charge on any atom is -0.508 e. The van der Waals surface area contributed by atoms with Crippen molar-refractivity contribution in [2.45, 2.75) is 46.0 Å². The molecule has 3 aromatic carbocycles. The van der Waals surface area contributed by atoms with E-state index in [1.165, 1.54) is 10.6 Å². The first kappa shape index (κ1) is 40.7. The number of piperidine rings is 1. The first-order chi connectivity index (χ1) is 29.5. The van der Waals surface area contributed by atoms with Gasteiger partial charge in [-0.1, -0.05) is 42.7 Å². The molecule has 1 fully saturated rings. The van der Waals surface area contributed by atoms with Gasteiger partial charge in [-0.15, -0.1) is 5.10 Å². The average Bonchev–Trinajstić information content (AvgIpc) is 3.64. The summed E-state index contributed by atoms with van der Waals surface area (Å²) in [5, 5.41) is 46.0.